The number of nitrogens with zero attached hydrogens (tertiary/aromatic N) is 2. The third-order valence-electron chi connectivity index (χ3n) is 0.637. The maximum Gasteiger partial charge on any atom is 0.0943 e. The van der Waals surface area contributed by atoms with E-state index in [4.69, 9.17) is 0 Å². The summed E-state index contributed by atoms with van der Waals surface area (Å²) in [6.45, 7) is 0. The lowest BCUT2D eigenvalue weighted by atomic mass is 10.9. The van der Waals surface area contributed by atoms with Crippen molar-refractivity contribution in [3.05, 3.63) is 18.7 Å². The molecule has 1 aromatic heterocycles. The van der Waals surface area contributed by atoms with E-state index in [2.05, 4.69) is 20.9 Å². The summed E-state index contributed by atoms with van der Waals surface area (Å²) in [5.74, 6) is 1.81. The van der Waals surface area contributed by atoms with Crippen LogP contribution >= 0.6 is 15.9 Å². The highest BCUT2D eigenvalue weighted by atomic mass is 79.9. The van der Waals surface area contributed by atoms with Gasteiger partial charge >= 0.3 is 0 Å². The smallest absolute Gasteiger partial charge is 0.0943 e. The molecule has 0 amide bonds. The van der Waals surface area contributed by atoms with E-state index >= 15 is 0 Å². The Kier molecular flexibility index (Phi) is 4.65. The van der Waals surface area contributed by atoms with E-state index in [1.807, 2.05) is 23.6 Å². The minimum Gasteiger partial charge on any atom is -0.341 e. The lowest BCUT2D eigenvalue weighted by Crippen LogP contribution is -1.76. The van der Waals surface area contributed by atoms with Crippen molar-refractivity contribution >= 4 is 15.9 Å². The molecule has 0 unspecified atom stereocenters. The highest BCUT2D eigenvalue weighted by Gasteiger charge is 1.69. The predicted octanol–water partition coefficient (Wildman–Crippen LogP) is 1.43. The summed E-state index contributed by atoms with van der Waals surface area (Å²) in [6.07, 6.45) is 5.39. The van der Waals surface area contributed by atoms with Crippen molar-refractivity contribution < 1.29 is 0 Å². The number of hydrogen-bond donors (Lipinski definition) is 0. The molecule has 1 rings (SSSR count). The second-order valence-electron chi connectivity index (χ2n) is 1.23. The van der Waals surface area contributed by atoms with Gasteiger partial charge in [0.25, 0.3) is 0 Å². The van der Waals surface area contributed by atoms with Crippen LogP contribution in [-0.4, -0.2) is 15.4 Å². The van der Waals surface area contributed by atoms with Gasteiger partial charge in [0, 0.05) is 19.4 Å². The highest BCUT2D eigenvalue weighted by molar-refractivity contribution is 9.08. The van der Waals surface area contributed by atoms with E-state index in [1.54, 1.807) is 12.5 Å². The van der Waals surface area contributed by atoms with Gasteiger partial charge in [-0.3, -0.25) is 0 Å². The van der Waals surface area contributed by atoms with Gasteiger partial charge in [-0.15, -0.1) is 0 Å². The monoisotopic (exact) mass is 176 g/mol. The van der Waals surface area contributed by atoms with Crippen molar-refractivity contribution in [1.29, 1.82) is 0 Å². The molecule has 0 aliphatic carbocycles. The summed E-state index contributed by atoms with van der Waals surface area (Å²) < 4.78 is 1.89. The van der Waals surface area contributed by atoms with Crippen LogP contribution in [0.5, 0.6) is 0 Å². The second-order valence-corrected chi connectivity index (χ2v) is 1.23. The van der Waals surface area contributed by atoms with Gasteiger partial charge in [-0.1, -0.05) is 15.9 Å². The zero-order valence-corrected chi connectivity index (χ0v) is 6.59. The lowest BCUT2D eigenvalue weighted by molar-refractivity contribution is 0.913. The lowest BCUT2D eigenvalue weighted by Gasteiger charge is -1.76. The molecule has 2 nitrogen and oxygen atoms in total. The molecule has 0 bridgehead atoms. The fourth-order valence-electron chi connectivity index (χ4n) is 0.326. The molecule has 0 aliphatic heterocycles. The van der Waals surface area contributed by atoms with Crippen molar-refractivity contribution in [2.75, 3.05) is 5.83 Å². The summed E-state index contributed by atoms with van der Waals surface area (Å²) in [7, 11) is 1.94. The zero-order chi connectivity index (χ0) is 6.41. The zero-order valence-electron chi connectivity index (χ0n) is 5.00. The molecule has 0 aromatic carbocycles. The maximum absolute atomic E-state index is 3.78. The quantitative estimate of drug-likeness (QED) is 0.548. The Hall–Kier alpha value is -0.310. The van der Waals surface area contributed by atoms with Gasteiger partial charge in [0.1, 0.15) is 0 Å². The van der Waals surface area contributed by atoms with E-state index in [-0.39, 0.29) is 0 Å². The number of hydrogen-bond acceptors (Lipinski definition) is 1. The van der Waals surface area contributed by atoms with Crippen LogP contribution in [0.3, 0.4) is 0 Å². The van der Waals surface area contributed by atoms with E-state index in [0.717, 1.165) is 0 Å². The average molecular weight is 177 g/mol. The van der Waals surface area contributed by atoms with Gasteiger partial charge in [0.2, 0.25) is 0 Å². The Morgan fingerprint density at radius 1 is 1.50 bits per heavy atom. The largest absolute Gasteiger partial charge is 0.341 e. The fraction of sp³-hybridized carbons (Fsp3) is 0.400. The molecule has 0 fully saturated rings. The van der Waals surface area contributed by atoms with Crippen LogP contribution in [0.1, 0.15) is 0 Å². The molecule has 0 spiro atoms. The summed E-state index contributed by atoms with van der Waals surface area (Å²) in [5.41, 5.74) is 0. The minimum atomic E-state index is 1.75. The molecular formula is C5H9BrN2. The van der Waals surface area contributed by atoms with Crippen LogP contribution < -0.4 is 0 Å². The SMILES string of the molecule is CBr.Cn1ccnc1. The Balaban J connectivity index is 0.000000222. The number of aromatic nitrogens is 2. The van der Waals surface area contributed by atoms with Crippen LogP contribution in [0.2, 0.25) is 0 Å². The van der Waals surface area contributed by atoms with Crippen LogP contribution in [0.25, 0.3) is 0 Å². The van der Waals surface area contributed by atoms with Crippen molar-refractivity contribution in [3.8, 4) is 0 Å². The molecule has 1 aromatic rings. The van der Waals surface area contributed by atoms with Gasteiger partial charge in [-0.05, 0) is 5.83 Å². The second kappa shape index (κ2) is 4.84. The summed E-state index contributed by atoms with van der Waals surface area (Å²) >= 11 is 2.94. The van der Waals surface area contributed by atoms with Gasteiger partial charge in [0.05, 0.1) is 6.33 Å². The number of rotatable bonds is 0. The normalized spacial score (nSPS) is 7.38. The Morgan fingerprint density at radius 3 is 2.25 bits per heavy atom. The van der Waals surface area contributed by atoms with Gasteiger partial charge < -0.3 is 4.57 Å². The van der Waals surface area contributed by atoms with Crippen molar-refractivity contribution in [2.45, 2.75) is 0 Å². The van der Waals surface area contributed by atoms with Crippen LogP contribution in [0, 0.1) is 0 Å². The molecule has 0 aliphatic rings. The van der Waals surface area contributed by atoms with Crippen molar-refractivity contribution in [1.82, 2.24) is 9.55 Å². The summed E-state index contributed by atoms with van der Waals surface area (Å²) in [5, 5.41) is 0. The Morgan fingerprint density at radius 2 is 2.12 bits per heavy atom. The molecule has 1 heterocycles. The fourth-order valence-corrected chi connectivity index (χ4v) is 0.326. The van der Waals surface area contributed by atoms with E-state index in [0.29, 0.717) is 0 Å². The molecule has 46 valence electrons. The third-order valence-corrected chi connectivity index (χ3v) is 0.637. The molecule has 3 heteroatoms. The van der Waals surface area contributed by atoms with Crippen molar-refractivity contribution in [3.63, 3.8) is 0 Å². The standard InChI is InChI=1S/C4H6N2.CH3Br/c1-6-3-2-5-4-6;1-2/h2-4H,1H3;1H3. The number of alkyl halides is 1. The number of imidazole rings is 1. The molecule has 0 radical (unpaired) electrons. The van der Waals surface area contributed by atoms with Crippen LogP contribution in [-0.2, 0) is 7.05 Å². The number of aryl methyl sites for hydroxylation is 1. The maximum atomic E-state index is 3.78. The molecule has 0 saturated carbocycles. The first-order chi connectivity index (χ1) is 3.89. The summed E-state index contributed by atoms with van der Waals surface area (Å²) in [4.78, 5) is 3.78. The summed E-state index contributed by atoms with van der Waals surface area (Å²) in [6, 6.07) is 0. The molecular weight excluding hydrogens is 168 g/mol. The average Bonchev–Trinajstić information content (AvgIpc) is 2.24. The van der Waals surface area contributed by atoms with Crippen LogP contribution in [0.15, 0.2) is 18.7 Å². The van der Waals surface area contributed by atoms with Gasteiger partial charge in [-0.25, -0.2) is 4.98 Å². The molecule has 0 saturated heterocycles. The highest BCUT2D eigenvalue weighted by Crippen LogP contribution is 1.73. The number of halogens is 1. The first-order valence-electron chi connectivity index (χ1n) is 2.19. The van der Waals surface area contributed by atoms with Crippen LogP contribution in [0.4, 0.5) is 0 Å². The van der Waals surface area contributed by atoms with Gasteiger partial charge in [-0.2, -0.15) is 0 Å². The van der Waals surface area contributed by atoms with E-state index < -0.39 is 0 Å². The topological polar surface area (TPSA) is 17.8 Å². The van der Waals surface area contributed by atoms with E-state index in [1.165, 1.54) is 0 Å². The first-order valence-corrected chi connectivity index (χ1v) is 3.78. The Bertz CT molecular complexity index is 114. The Labute approximate surface area is 57.7 Å². The molecule has 0 N–H and O–H groups in total. The molecule has 0 atom stereocenters. The predicted molar refractivity (Wildman–Crippen MR) is 38.1 cm³/mol. The van der Waals surface area contributed by atoms with Crippen molar-refractivity contribution in [2.24, 2.45) is 7.05 Å². The third kappa shape index (κ3) is 2.80. The minimum absolute atomic E-state index is 1.75. The molecule has 8 heavy (non-hydrogen) atoms. The van der Waals surface area contributed by atoms with E-state index in [9.17, 15) is 0 Å². The first kappa shape index (κ1) is 7.69. The van der Waals surface area contributed by atoms with Gasteiger partial charge in [0.15, 0.2) is 0 Å².